The molecule has 1 amide bonds. The normalized spacial score (nSPS) is 11.8. The van der Waals surface area contributed by atoms with Gasteiger partial charge < -0.3 is 25.0 Å². The zero-order valence-electron chi connectivity index (χ0n) is 20.7. The summed E-state index contributed by atoms with van der Waals surface area (Å²) in [5.74, 6) is -1.06. The summed E-state index contributed by atoms with van der Waals surface area (Å²) in [6, 6.07) is 19.5. The number of anilines is 1. The number of nitrogens with zero attached hydrogens (tertiary/aromatic N) is 3. The second-order valence-electron chi connectivity index (χ2n) is 8.98. The predicted octanol–water partition coefficient (Wildman–Crippen LogP) is 4.85. The van der Waals surface area contributed by atoms with Crippen molar-refractivity contribution in [2.45, 2.75) is 6.42 Å². The van der Waals surface area contributed by atoms with Crippen LogP contribution in [0.3, 0.4) is 0 Å². The number of hydrogen-bond donors (Lipinski definition) is 3. The average Bonchev–Trinajstić information content (AvgIpc) is 3.16. The largest absolute Gasteiger partial charge is 0.494 e. The highest BCUT2D eigenvalue weighted by atomic mass is 35.5. The molecule has 4 rings (SSSR count). The van der Waals surface area contributed by atoms with Gasteiger partial charge in [-0.25, -0.2) is 4.99 Å². The first-order valence-electron chi connectivity index (χ1n) is 11.5. The molecule has 9 heteroatoms. The minimum Gasteiger partial charge on any atom is -0.494 e. The Kier molecular flexibility index (Phi) is 7.61. The van der Waals surface area contributed by atoms with E-state index in [0.717, 1.165) is 11.1 Å². The molecule has 37 heavy (non-hydrogen) atoms. The Labute approximate surface area is 219 Å². The van der Waals surface area contributed by atoms with Gasteiger partial charge in [-0.15, -0.1) is 0 Å². The molecule has 0 aliphatic carbocycles. The first-order valence-corrected chi connectivity index (χ1v) is 11.9. The van der Waals surface area contributed by atoms with Crippen molar-refractivity contribution in [2.24, 2.45) is 4.99 Å². The van der Waals surface area contributed by atoms with Crippen molar-refractivity contribution in [1.29, 1.82) is 0 Å². The third kappa shape index (κ3) is 5.99. The quantitative estimate of drug-likeness (QED) is 0.289. The van der Waals surface area contributed by atoms with Crippen LogP contribution >= 0.6 is 11.6 Å². The van der Waals surface area contributed by atoms with E-state index in [-0.39, 0.29) is 24.8 Å². The van der Waals surface area contributed by atoms with Gasteiger partial charge in [0.2, 0.25) is 5.91 Å². The lowest BCUT2D eigenvalue weighted by atomic mass is 9.98. The summed E-state index contributed by atoms with van der Waals surface area (Å²) in [5, 5.41) is 21.4. The summed E-state index contributed by atoms with van der Waals surface area (Å²) in [4.78, 5) is 34.9. The third-order valence-corrected chi connectivity index (χ3v) is 6.07. The monoisotopic (exact) mass is 518 g/mol. The Morgan fingerprint density at radius 1 is 1.00 bits per heavy atom. The summed E-state index contributed by atoms with van der Waals surface area (Å²) < 4.78 is 0. The van der Waals surface area contributed by atoms with E-state index in [4.69, 9.17) is 16.6 Å². The first kappa shape index (κ1) is 25.9. The van der Waals surface area contributed by atoms with E-state index in [1.807, 2.05) is 25.1 Å². The summed E-state index contributed by atoms with van der Waals surface area (Å²) in [5.41, 5.74) is 4.15. The summed E-state index contributed by atoms with van der Waals surface area (Å²) in [7, 11) is 5.40. The number of aromatic hydroxyl groups is 1. The Morgan fingerprint density at radius 2 is 1.73 bits per heavy atom. The molecule has 0 aliphatic rings. The molecule has 0 bridgehead atoms. The van der Waals surface area contributed by atoms with Crippen LogP contribution in [0.4, 0.5) is 11.4 Å². The first-order chi connectivity index (χ1) is 17.6. The molecule has 190 valence electrons. The number of carbonyl (C=O) groups is 2. The van der Waals surface area contributed by atoms with Crippen molar-refractivity contribution in [3.05, 3.63) is 88.4 Å². The maximum Gasteiger partial charge on any atom is 0.307 e. The maximum atomic E-state index is 12.4. The number of aliphatic imine (C=N–C) groups is 1. The number of likely N-dealkylation sites (N-methyl/N-ethyl adjacent to an activating group) is 2. The fourth-order valence-corrected chi connectivity index (χ4v) is 4.24. The predicted molar refractivity (Wildman–Crippen MR) is 146 cm³/mol. The molecule has 1 aromatic heterocycles. The van der Waals surface area contributed by atoms with Crippen molar-refractivity contribution >= 4 is 51.5 Å². The van der Waals surface area contributed by atoms with Gasteiger partial charge in [-0.1, -0.05) is 35.9 Å². The zero-order chi connectivity index (χ0) is 26.7. The van der Waals surface area contributed by atoms with Crippen LogP contribution in [0.1, 0.15) is 16.7 Å². The van der Waals surface area contributed by atoms with E-state index < -0.39 is 5.97 Å². The molecule has 3 N–H and O–H groups in total. The molecule has 0 unspecified atom stereocenters. The van der Waals surface area contributed by atoms with Crippen LogP contribution < -0.4 is 4.90 Å². The van der Waals surface area contributed by atoms with E-state index in [1.165, 1.54) is 0 Å². The number of rotatable bonds is 8. The van der Waals surface area contributed by atoms with Gasteiger partial charge >= 0.3 is 5.97 Å². The Bertz CT molecular complexity index is 1490. The van der Waals surface area contributed by atoms with Crippen molar-refractivity contribution in [2.75, 3.05) is 32.6 Å². The number of fused-ring (bicyclic) bond motifs is 1. The number of benzene rings is 3. The van der Waals surface area contributed by atoms with Crippen LogP contribution in [0.5, 0.6) is 5.88 Å². The summed E-state index contributed by atoms with van der Waals surface area (Å²) in [6.45, 7) is 0.289. The van der Waals surface area contributed by atoms with Crippen LogP contribution in [0.15, 0.2) is 71.7 Å². The summed E-state index contributed by atoms with van der Waals surface area (Å²) >= 11 is 6.15. The number of aliphatic carboxylic acids is 1. The highest BCUT2D eigenvalue weighted by Crippen LogP contribution is 2.33. The van der Waals surface area contributed by atoms with E-state index in [2.05, 4.69) is 4.98 Å². The van der Waals surface area contributed by atoms with Gasteiger partial charge in [0.15, 0.2) is 5.88 Å². The molecule has 0 atom stereocenters. The van der Waals surface area contributed by atoms with Gasteiger partial charge in [-0.3, -0.25) is 9.59 Å². The van der Waals surface area contributed by atoms with Crippen LogP contribution in [-0.2, 0) is 16.0 Å². The van der Waals surface area contributed by atoms with Gasteiger partial charge in [-0.2, -0.15) is 0 Å². The smallest absolute Gasteiger partial charge is 0.307 e. The number of carboxylic acids is 1. The van der Waals surface area contributed by atoms with E-state index >= 15 is 0 Å². The van der Waals surface area contributed by atoms with Gasteiger partial charge in [0.05, 0.1) is 35.4 Å². The molecule has 0 saturated carbocycles. The number of amides is 1. The van der Waals surface area contributed by atoms with Crippen molar-refractivity contribution < 1.29 is 19.8 Å². The van der Waals surface area contributed by atoms with Crippen LogP contribution in [0.2, 0.25) is 5.02 Å². The van der Waals surface area contributed by atoms with Gasteiger partial charge in [-0.05, 0) is 62.1 Å². The number of carboxylic acid groups (broad SMARTS) is 1. The topological polar surface area (TPSA) is 109 Å². The fraction of sp³-hybridized carbons (Fsp3) is 0.179. The molecule has 4 aromatic rings. The molecule has 1 heterocycles. The fourth-order valence-electron chi connectivity index (χ4n) is 4.06. The highest BCUT2D eigenvalue weighted by molar-refractivity contribution is 6.31. The standard InChI is InChI=1S/C28H27ClN4O4/c1-32(2)16-24(34)33(3)21-10-8-20(9-11-21)30-27(18-6-4-5-17(13-18)14-25(35)36)26-22-12-7-19(29)15-23(22)31-28(26)37/h4-13,15,31,37H,14,16H2,1-3H3,(H,35,36). The number of hydrogen-bond acceptors (Lipinski definition) is 5. The number of nitrogens with one attached hydrogen (secondary N) is 1. The Hall–Kier alpha value is -4.14. The lowest BCUT2D eigenvalue weighted by molar-refractivity contribution is -0.136. The van der Waals surface area contributed by atoms with Gasteiger partial charge in [0.25, 0.3) is 0 Å². The van der Waals surface area contributed by atoms with E-state index in [1.54, 1.807) is 72.6 Å². The van der Waals surface area contributed by atoms with Crippen LogP contribution in [0, 0.1) is 0 Å². The summed E-state index contributed by atoms with van der Waals surface area (Å²) in [6.07, 6.45) is -0.140. The van der Waals surface area contributed by atoms with Crippen LogP contribution in [0.25, 0.3) is 10.9 Å². The number of halogens is 1. The number of aromatic amines is 1. The highest BCUT2D eigenvalue weighted by Gasteiger charge is 2.20. The number of H-pyrrole nitrogens is 1. The lowest BCUT2D eigenvalue weighted by Crippen LogP contribution is -2.34. The molecular formula is C28H27ClN4O4. The molecule has 0 fully saturated rings. The molecule has 0 saturated heterocycles. The molecule has 0 aliphatic heterocycles. The zero-order valence-corrected chi connectivity index (χ0v) is 21.5. The molecule has 3 aromatic carbocycles. The van der Waals surface area contributed by atoms with Gasteiger partial charge in [0.1, 0.15) is 0 Å². The number of aromatic nitrogens is 1. The average molecular weight is 519 g/mol. The molecule has 0 radical (unpaired) electrons. The van der Waals surface area contributed by atoms with Crippen molar-refractivity contribution in [3.8, 4) is 5.88 Å². The van der Waals surface area contributed by atoms with E-state index in [9.17, 15) is 19.8 Å². The van der Waals surface area contributed by atoms with E-state index in [0.29, 0.717) is 38.6 Å². The molecule has 0 spiro atoms. The second kappa shape index (κ2) is 10.9. The second-order valence-corrected chi connectivity index (χ2v) is 9.41. The van der Waals surface area contributed by atoms with Crippen LogP contribution in [-0.4, -0.2) is 65.4 Å². The minimum absolute atomic E-state index is 0.0421. The number of carbonyl (C=O) groups excluding carboxylic acids is 1. The van der Waals surface area contributed by atoms with Gasteiger partial charge in [0, 0.05) is 28.7 Å². The minimum atomic E-state index is -0.941. The Balaban J connectivity index is 1.81. The molecule has 8 nitrogen and oxygen atoms in total. The maximum absolute atomic E-state index is 12.4. The SMILES string of the molecule is CN(C)CC(=O)N(C)c1ccc(N=C(c2cccc(CC(=O)O)c2)c2c(O)[nH]c3cc(Cl)ccc23)cc1. The Morgan fingerprint density at radius 3 is 2.41 bits per heavy atom. The molecular weight excluding hydrogens is 492 g/mol. The lowest BCUT2D eigenvalue weighted by Gasteiger charge is -2.19. The van der Waals surface area contributed by atoms with Crippen molar-refractivity contribution in [1.82, 2.24) is 9.88 Å². The van der Waals surface area contributed by atoms with Crippen molar-refractivity contribution in [3.63, 3.8) is 0 Å². The third-order valence-electron chi connectivity index (χ3n) is 5.84.